The van der Waals surface area contributed by atoms with Crippen LogP contribution in [-0.4, -0.2) is 17.1 Å². The number of benzene rings is 1. The second kappa shape index (κ2) is 6.14. The molecule has 0 amide bonds. The summed E-state index contributed by atoms with van der Waals surface area (Å²) in [6, 6.07) is 8.29. The molecule has 0 radical (unpaired) electrons. The fourth-order valence-corrected chi connectivity index (χ4v) is 2.82. The summed E-state index contributed by atoms with van der Waals surface area (Å²) in [6.45, 7) is 0. The molecule has 1 unspecified atom stereocenters. The highest BCUT2D eigenvalue weighted by Gasteiger charge is 2.39. The van der Waals surface area contributed by atoms with Gasteiger partial charge in [-0.05, 0) is 18.4 Å². The summed E-state index contributed by atoms with van der Waals surface area (Å²) < 4.78 is 41.9. The first-order valence-corrected chi connectivity index (χ1v) is 6.90. The first-order chi connectivity index (χ1) is 9.38. The molecular weight excluding hydrogens is 269 g/mol. The summed E-state index contributed by atoms with van der Waals surface area (Å²) in [7, 11) is 0. The lowest BCUT2D eigenvalue weighted by Gasteiger charge is -2.35. The Kier molecular flexibility index (Phi) is 4.70. The zero-order chi connectivity index (χ0) is 14.6. The van der Waals surface area contributed by atoms with Gasteiger partial charge >= 0.3 is 6.36 Å². The van der Waals surface area contributed by atoms with Crippen molar-refractivity contribution < 1.29 is 23.0 Å². The normalized spacial score (nSPS) is 20.6. The van der Waals surface area contributed by atoms with Crippen LogP contribution < -0.4 is 0 Å². The molecule has 1 aromatic carbocycles. The highest BCUT2D eigenvalue weighted by Crippen LogP contribution is 2.39. The van der Waals surface area contributed by atoms with Crippen LogP contribution in [0.25, 0.3) is 0 Å². The molecule has 1 saturated carbocycles. The number of rotatable bonds is 4. The second-order valence-electron chi connectivity index (χ2n) is 5.45. The maximum atomic E-state index is 12.6. The third kappa shape index (κ3) is 4.49. The van der Waals surface area contributed by atoms with Gasteiger partial charge in [-0.3, -0.25) is 4.74 Å². The average molecular weight is 288 g/mol. The molecule has 1 aliphatic carbocycles. The van der Waals surface area contributed by atoms with E-state index in [0.717, 1.165) is 19.3 Å². The number of aliphatic hydroxyl groups is 1. The predicted octanol–water partition coefficient (Wildman–Crippen LogP) is 4.35. The van der Waals surface area contributed by atoms with Crippen LogP contribution in [0.5, 0.6) is 0 Å². The minimum atomic E-state index is -4.70. The quantitative estimate of drug-likeness (QED) is 0.892. The van der Waals surface area contributed by atoms with Crippen molar-refractivity contribution in [1.29, 1.82) is 0 Å². The molecule has 0 aromatic heterocycles. The largest absolute Gasteiger partial charge is 0.523 e. The topological polar surface area (TPSA) is 29.5 Å². The predicted molar refractivity (Wildman–Crippen MR) is 69.0 cm³/mol. The summed E-state index contributed by atoms with van der Waals surface area (Å²) in [6.07, 6.45) is -2.07. The smallest absolute Gasteiger partial charge is 0.390 e. The molecule has 1 fully saturated rings. The number of alkyl halides is 3. The average Bonchev–Trinajstić information content (AvgIpc) is 2.38. The van der Waals surface area contributed by atoms with E-state index in [1.807, 2.05) is 0 Å². The van der Waals surface area contributed by atoms with Crippen molar-refractivity contribution in [1.82, 2.24) is 0 Å². The summed E-state index contributed by atoms with van der Waals surface area (Å²) >= 11 is 0. The Hall–Kier alpha value is -1.07. The van der Waals surface area contributed by atoms with Crippen molar-refractivity contribution in [2.45, 2.75) is 56.6 Å². The number of ether oxygens (including phenoxy) is 1. The first-order valence-electron chi connectivity index (χ1n) is 6.90. The lowest BCUT2D eigenvalue weighted by atomic mass is 9.80. The number of hydrogen-bond donors (Lipinski definition) is 1. The van der Waals surface area contributed by atoms with Gasteiger partial charge < -0.3 is 5.11 Å². The van der Waals surface area contributed by atoms with Gasteiger partial charge in [-0.2, -0.15) is 0 Å². The van der Waals surface area contributed by atoms with Gasteiger partial charge in [0.15, 0.2) is 0 Å². The van der Waals surface area contributed by atoms with Gasteiger partial charge in [0.05, 0.1) is 11.7 Å². The molecule has 2 rings (SSSR count). The molecule has 0 spiro atoms. The van der Waals surface area contributed by atoms with Gasteiger partial charge in [-0.15, -0.1) is 13.2 Å². The van der Waals surface area contributed by atoms with Crippen molar-refractivity contribution in [3.63, 3.8) is 0 Å². The molecule has 112 valence electrons. The number of hydrogen-bond acceptors (Lipinski definition) is 2. The van der Waals surface area contributed by atoms with Gasteiger partial charge in [-0.1, -0.05) is 49.6 Å². The molecule has 1 aliphatic rings. The van der Waals surface area contributed by atoms with Crippen LogP contribution in [0.2, 0.25) is 0 Å². The van der Waals surface area contributed by atoms with Crippen molar-refractivity contribution in [2.24, 2.45) is 0 Å². The van der Waals surface area contributed by atoms with Gasteiger partial charge in [0.25, 0.3) is 0 Å². The summed E-state index contributed by atoms with van der Waals surface area (Å²) in [5.74, 6) is 0. The SMILES string of the molecule is OC1(CC(OC(F)(F)F)c2ccccc2)CCCCC1. The molecule has 2 nitrogen and oxygen atoms in total. The third-order valence-corrected chi connectivity index (χ3v) is 3.80. The Morgan fingerprint density at radius 1 is 1.10 bits per heavy atom. The Morgan fingerprint density at radius 3 is 2.25 bits per heavy atom. The molecule has 1 aromatic rings. The van der Waals surface area contributed by atoms with E-state index >= 15 is 0 Å². The second-order valence-corrected chi connectivity index (χ2v) is 5.45. The van der Waals surface area contributed by atoms with Crippen LogP contribution in [0, 0.1) is 0 Å². The molecule has 1 N–H and O–H groups in total. The van der Waals surface area contributed by atoms with E-state index in [-0.39, 0.29) is 6.42 Å². The molecule has 0 bridgehead atoms. The lowest BCUT2D eigenvalue weighted by Crippen LogP contribution is -2.35. The molecular formula is C15H19F3O2. The summed E-state index contributed by atoms with van der Waals surface area (Å²) in [5.41, 5.74) is -0.604. The maximum Gasteiger partial charge on any atom is 0.523 e. The van der Waals surface area contributed by atoms with E-state index in [1.54, 1.807) is 30.3 Å². The highest BCUT2D eigenvalue weighted by atomic mass is 19.4. The number of halogens is 3. The van der Waals surface area contributed by atoms with Crippen molar-refractivity contribution >= 4 is 0 Å². The minimum Gasteiger partial charge on any atom is -0.390 e. The highest BCUT2D eigenvalue weighted by molar-refractivity contribution is 5.18. The van der Waals surface area contributed by atoms with Gasteiger partial charge in [-0.25, -0.2) is 0 Å². The molecule has 0 heterocycles. The molecule has 0 aliphatic heterocycles. The monoisotopic (exact) mass is 288 g/mol. The van der Waals surface area contributed by atoms with E-state index in [9.17, 15) is 18.3 Å². The molecule has 1 atom stereocenters. The zero-order valence-electron chi connectivity index (χ0n) is 11.2. The maximum absolute atomic E-state index is 12.6. The van der Waals surface area contributed by atoms with E-state index in [0.29, 0.717) is 18.4 Å². The van der Waals surface area contributed by atoms with E-state index < -0.39 is 18.1 Å². The van der Waals surface area contributed by atoms with Crippen LogP contribution in [0.15, 0.2) is 30.3 Å². The lowest BCUT2D eigenvalue weighted by molar-refractivity contribution is -0.348. The van der Waals surface area contributed by atoms with Crippen molar-refractivity contribution in [3.8, 4) is 0 Å². The summed E-state index contributed by atoms with van der Waals surface area (Å²) in [5, 5.41) is 10.5. The van der Waals surface area contributed by atoms with Crippen LogP contribution in [0.1, 0.15) is 50.2 Å². The van der Waals surface area contributed by atoms with E-state index in [1.165, 1.54) is 0 Å². The van der Waals surface area contributed by atoms with Crippen molar-refractivity contribution in [2.75, 3.05) is 0 Å². The fraction of sp³-hybridized carbons (Fsp3) is 0.600. The van der Waals surface area contributed by atoms with Crippen molar-refractivity contribution in [3.05, 3.63) is 35.9 Å². The molecule has 5 heteroatoms. The Balaban J connectivity index is 2.14. The molecule has 0 saturated heterocycles. The van der Waals surface area contributed by atoms with Crippen LogP contribution in [0.4, 0.5) is 13.2 Å². The van der Waals surface area contributed by atoms with E-state index in [2.05, 4.69) is 4.74 Å². The van der Waals surface area contributed by atoms with Gasteiger partial charge in [0.1, 0.15) is 0 Å². The first kappa shape index (κ1) is 15.3. The van der Waals surface area contributed by atoms with Crippen LogP contribution >= 0.6 is 0 Å². The Morgan fingerprint density at radius 2 is 1.70 bits per heavy atom. The van der Waals surface area contributed by atoms with Gasteiger partial charge in [0.2, 0.25) is 0 Å². The fourth-order valence-electron chi connectivity index (χ4n) is 2.82. The Bertz CT molecular complexity index is 411. The van der Waals surface area contributed by atoms with E-state index in [4.69, 9.17) is 0 Å². The van der Waals surface area contributed by atoms with Crippen LogP contribution in [0.3, 0.4) is 0 Å². The standard InChI is InChI=1S/C15H19F3O2/c16-15(17,18)20-13(12-7-3-1-4-8-12)11-14(19)9-5-2-6-10-14/h1,3-4,7-8,13,19H,2,5-6,9-11H2. The minimum absolute atomic E-state index is 0.0173. The third-order valence-electron chi connectivity index (χ3n) is 3.80. The zero-order valence-corrected chi connectivity index (χ0v) is 11.2. The van der Waals surface area contributed by atoms with Gasteiger partial charge in [0, 0.05) is 6.42 Å². The Labute approximate surface area is 116 Å². The summed E-state index contributed by atoms with van der Waals surface area (Å²) in [4.78, 5) is 0. The van der Waals surface area contributed by atoms with Crippen LogP contribution in [-0.2, 0) is 4.74 Å². The molecule has 20 heavy (non-hydrogen) atoms.